The second kappa shape index (κ2) is 14.3. The van der Waals surface area contributed by atoms with Crippen LogP contribution in [0.25, 0.3) is 0 Å². The van der Waals surface area contributed by atoms with E-state index in [1.54, 1.807) is 13.2 Å². The summed E-state index contributed by atoms with van der Waals surface area (Å²) in [6, 6.07) is 9.95. The van der Waals surface area contributed by atoms with E-state index in [0.29, 0.717) is 18.3 Å². The fourth-order valence-corrected chi connectivity index (χ4v) is 3.27. The van der Waals surface area contributed by atoms with Gasteiger partial charge in [-0.05, 0) is 61.6 Å². The molecule has 3 rings (SSSR count). The van der Waals surface area contributed by atoms with E-state index in [2.05, 4.69) is 40.5 Å². The van der Waals surface area contributed by atoms with Crippen molar-refractivity contribution in [1.82, 2.24) is 15.6 Å². The molecule has 32 heavy (non-hydrogen) atoms. The number of rotatable bonds is 10. The van der Waals surface area contributed by atoms with Crippen LogP contribution in [0.15, 0.2) is 41.5 Å². The van der Waals surface area contributed by atoms with Crippen molar-refractivity contribution in [3.63, 3.8) is 0 Å². The molecule has 0 aliphatic carbocycles. The third-order valence-electron chi connectivity index (χ3n) is 5.32. The van der Waals surface area contributed by atoms with Crippen LogP contribution in [-0.4, -0.2) is 51.0 Å². The van der Waals surface area contributed by atoms with E-state index in [4.69, 9.17) is 14.2 Å². The normalized spacial score (nSPS) is 15.8. The molecule has 2 N–H and O–H groups in total. The first kappa shape index (κ1) is 26.3. The van der Waals surface area contributed by atoms with Crippen LogP contribution in [0.1, 0.15) is 29.5 Å². The highest BCUT2D eigenvalue weighted by atomic mass is 127. The SMILES string of the molecule is CN=C(NCCCOCC1CCOC1)NCc1ccnc(Oc2ccc(C)c(C)c2)c1.I. The molecule has 1 aliphatic heterocycles. The van der Waals surface area contributed by atoms with E-state index in [1.807, 2.05) is 24.3 Å². The number of halogens is 1. The van der Waals surface area contributed by atoms with Gasteiger partial charge in [-0.3, -0.25) is 4.99 Å². The monoisotopic (exact) mass is 554 g/mol. The van der Waals surface area contributed by atoms with Gasteiger partial charge in [0.1, 0.15) is 5.75 Å². The Balaban J connectivity index is 0.00000363. The predicted molar refractivity (Wildman–Crippen MR) is 138 cm³/mol. The average Bonchev–Trinajstić information content (AvgIpc) is 3.29. The summed E-state index contributed by atoms with van der Waals surface area (Å²) in [5, 5.41) is 6.65. The molecule has 1 aromatic carbocycles. The number of nitrogens with one attached hydrogen (secondary N) is 2. The number of hydrogen-bond acceptors (Lipinski definition) is 5. The van der Waals surface area contributed by atoms with Gasteiger partial charge >= 0.3 is 0 Å². The Morgan fingerprint density at radius 3 is 2.81 bits per heavy atom. The Labute approximate surface area is 208 Å². The van der Waals surface area contributed by atoms with Gasteiger partial charge in [0.25, 0.3) is 0 Å². The molecular weight excluding hydrogens is 519 g/mol. The van der Waals surface area contributed by atoms with Gasteiger partial charge in [0.05, 0.1) is 13.2 Å². The molecule has 8 heteroatoms. The molecule has 1 unspecified atom stereocenters. The van der Waals surface area contributed by atoms with Crippen molar-refractivity contribution in [2.45, 2.75) is 33.2 Å². The van der Waals surface area contributed by atoms with Gasteiger partial charge in [-0.1, -0.05) is 6.07 Å². The van der Waals surface area contributed by atoms with Gasteiger partial charge in [0.15, 0.2) is 5.96 Å². The lowest BCUT2D eigenvalue weighted by Gasteiger charge is -2.13. The number of benzene rings is 1. The van der Waals surface area contributed by atoms with Crippen molar-refractivity contribution in [1.29, 1.82) is 0 Å². The summed E-state index contributed by atoms with van der Waals surface area (Å²) in [6.45, 7) is 8.83. The fourth-order valence-electron chi connectivity index (χ4n) is 3.27. The van der Waals surface area contributed by atoms with Gasteiger partial charge in [-0.15, -0.1) is 24.0 Å². The maximum atomic E-state index is 5.92. The Hall–Kier alpha value is -1.91. The number of aryl methyl sites for hydroxylation is 2. The number of ether oxygens (including phenoxy) is 3. The zero-order chi connectivity index (χ0) is 21.9. The van der Waals surface area contributed by atoms with E-state index < -0.39 is 0 Å². The van der Waals surface area contributed by atoms with E-state index in [9.17, 15) is 0 Å². The minimum absolute atomic E-state index is 0. The van der Waals surface area contributed by atoms with E-state index in [1.165, 1.54) is 11.1 Å². The zero-order valence-electron chi connectivity index (χ0n) is 19.2. The smallest absolute Gasteiger partial charge is 0.219 e. The summed E-state index contributed by atoms with van der Waals surface area (Å²) in [7, 11) is 1.77. The summed E-state index contributed by atoms with van der Waals surface area (Å²) in [5.41, 5.74) is 3.51. The van der Waals surface area contributed by atoms with Gasteiger partial charge in [0.2, 0.25) is 5.88 Å². The fraction of sp³-hybridized carbons (Fsp3) is 0.500. The summed E-state index contributed by atoms with van der Waals surface area (Å²) >= 11 is 0. The molecule has 1 aromatic heterocycles. The molecule has 0 bridgehead atoms. The molecule has 176 valence electrons. The topological polar surface area (TPSA) is 77.0 Å². The third kappa shape index (κ3) is 8.91. The van der Waals surface area contributed by atoms with E-state index in [0.717, 1.165) is 63.1 Å². The maximum absolute atomic E-state index is 5.92. The molecule has 1 saturated heterocycles. The second-order valence-electron chi connectivity index (χ2n) is 7.86. The number of pyridine rings is 1. The molecular formula is C24H35IN4O3. The first-order chi connectivity index (χ1) is 15.1. The molecule has 7 nitrogen and oxygen atoms in total. The van der Waals surface area contributed by atoms with Crippen LogP contribution in [-0.2, 0) is 16.0 Å². The number of aliphatic imine (C=N–C) groups is 1. The van der Waals surface area contributed by atoms with Crippen LogP contribution in [0.3, 0.4) is 0 Å². The van der Waals surface area contributed by atoms with Gasteiger partial charge < -0.3 is 24.8 Å². The summed E-state index contributed by atoms with van der Waals surface area (Å²) in [6.07, 6.45) is 3.80. The number of hydrogen-bond donors (Lipinski definition) is 2. The van der Waals surface area contributed by atoms with Crippen molar-refractivity contribution in [3.8, 4) is 11.6 Å². The largest absolute Gasteiger partial charge is 0.439 e. The molecule has 0 radical (unpaired) electrons. The molecule has 2 aromatic rings. The maximum Gasteiger partial charge on any atom is 0.219 e. The van der Waals surface area contributed by atoms with Crippen molar-refractivity contribution >= 4 is 29.9 Å². The lowest BCUT2D eigenvalue weighted by molar-refractivity contribution is 0.0888. The van der Waals surface area contributed by atoms with Crippen molar-refractivity contribution in [2.24, 2.45) is 10.9 Å². The van der Waals surface area contributed by atoms with Crippen molar-refractivity contribution in [3.05, 3.63) is 53.2 Å². The summed E-state index contributed by atoms with van der Waals surface area (Å²) in [5.74, 6) is 2.69. The minimum atomic E-state index is 0. The van der Waals surface area contributed by atoms with E-state index >= 15 is 0 Å². The Morgan fingerprint density at radius 2 is 2.06 bits per heavy atom. The van der Waals surface area contributed by atoms with Crippen LogP contribution in [0.4, 0.5) is 0 Å². The molecule has 1 aliphatic rings. The molecule has 0 saturated carbocycles. The highest BCUT2D eigenvalue weighted by molar-refractivity contribution is 14.0. The van der Waals surface area contributed by atoms with Crippen LogP contribution >= 0.6 is 24.0 Å². The quantitative estimate of drug-likeness (QED) is 0.198. The minimum Gasteiger partial charge on any atom is -0.439 e. The molecule has 0 spiro atoms. The van der Waals surface area contributed by atoms with Crippen LogP contribution in [0, 0.1) is 19.8 Å². The van der Waals surface area contributed by atoms with Crippen LogP contribution in [0.2, 0.25) is 0 Å². The van der Waals surface area contributed by atoms with E-state index in [-0.39, 0.29) is 24.0 Å². The zero-order valence-corrected chi connectivity index (χ0v) is 21.6. The highest BCUT2D eigenvalue weighted by Gasteiger charge is 2.15. The van der Waals surface area contributed by atoms with Crippen LogP contribution in [0.5, 0.6) is 11.6 Å². The lowest BCUT2D eigenvalue weighted by Crippen LogP contribution is -2.37. The predicted octanol–water partition coefficient (Wildman–Crippen LogP) is 4.22. The molecule has 1 atom stereocenters. The number of aromatic nitrogens is 1. The molecule has 1 fully saturated rings. The van der Waals surface area contributed by atoms with Gasteiger partial charge in [-0.25, -0.2) is 4.98 Å². The Kier molecular flexibility index (Phi) is 11.8. The number of guanidine groups is 1. The number of nitrogens with zero attached hydrogens (tertiary/aromatic N) is 2. The van der Waals surface area contributed by atoms with Crippen molar-refractivity contribution in [2.75, 3.05) is 40.0 Å². The third-order valence-corrected chi connectivity index (χ3v) is 5.32. The van der Waals surface area contributed by atoms with Gasteiger partial charge in [-0.2, -0.15) is 0 Å². The Morgan fingerprint density at radius 1 is 1.19 bits per heavy atom. The average molecular weight is 554 g/mol. The highest BCUT2D eigenvalue weighted by Crippen LogP contribution is 2.22. The standard InChI is InChI=1S/C24H34N4O3.HI/c1-18-5-6-22(13-19(18)2)31-23-14-20(7-10-26-23)15-28-24(25-3)27-9-4-11-29-16-21-8-12-30-17-21;/h5-7,10,13-14,21H,4,8-9,11-12,15-17H2,1-3H3,(H2,25,27,28);1H. The first-order valence-corrected chi connectivity index (χ1v) is 10.9. The van der Waals surface area contributed by atoms with Gasteiger partial charge in [0, 0.05) is 51.5 Å². The lowest BCUT2D eigenvalue weighted by atomic mass is 10.1. The van der Waals surface area contributed by atoms with Crippen LogP contribution < -0.4 is 15.4 Å². The Bertz CT molecular complexity index is 857. The molecule has 2 heterocycles. The summed E-state index contributed by atoms with van der Waals surface area (Å²) < 4.78 is 17.0. The van der Waals surface area contributed by atoms with Crippen molar-refractivity contribution < 1.29 is 14.2 Å². The molecule has 0 amide bonds. The summed E-state index contributed by atoms with van der Waals surface area (Å²) in [4.78, 5) is 8.61. The first-order valence-electron chi connectivity index (χ1n) is 10.9. The second-order valence-corrected chi connectivity index (χ2v) is 7.86.